The third kappa shape index (κ3) is 2.54. The molecule has 0 spiro atoms. The van der Waals surface area contributed by atoms with Crippen LogP contribution in [0.1, 0.15) is 17.0 Å². The fourth-order valence-electron chi connectivity index (χ4n) is 1.29. The zero-order chi connectivity index (χ0) is 10.5. The summed E-state index contributed by atoms with van der Waals surface area (Å²) in [7, 11) is 0. The molecule has 76 valence electrons. The van der Waals surface area contributed by atoms with E-state index in [2.05, 4.69) is 10.2 Å². The highest BCUT2D eigenvalue weighted by atomic mass is 16.3. The second kappa shape index (κ2) is 4.57. The second-order valence-corrected chi connectivity index (χ2v) is 3.22. The summed E-state index contributed by atoms with van der Waals surface area (Å²) in [6.45, 7) is -0.00776. The molecule has 0 aliphatic heterocycles. The molecule has 2 N–H and O–H groups in total. The average molecular weight is 200 g/mol. The summed E-state index contributed by atoms with van der Waals surface area (Å²) >= 11 is 0. The quantitative estimate of drug-likeness (QED) is 0.796. The molecular formula is C12H12N2O. The van der Waals surface area contributed by atoms with Crippen LogP contribution < -0.4 is 0 Å². The summed E-state index contributed by atoms with van der Waals surface area (Å²) in [5.41, 5.74) is 2.68. The molecule has 2 rings (SSSR count). The van der Waals surface area contributed by atoms with Crippen molar-refractivity contribution in [1.82, 2.24) is 10.2 Å². The highest BCUT2D eigenvalue weighted by Crippen LogP contribution is 2.06. The van der Waals surface area contributed by atoms with Crippen molar-refractivity contribution in [1.29, 1.82) is 0 Å². The first kappa shape index (κ1) is 9.68. The number of nitrogens with one attached hydrogen (secondary N) is 1. The van der Waals surface area contributed by atoms with Crippen molar-refractivity contribution in [3.63, 3.8) is 0 Å². The number of aliphatic hydroxyl groups excluding tert-OH is 1. The van der Waals surface area contributed by atoms with Gasteiger partial charge < -0.3 is 5.11 Å². The Kier molecular flexibility index (Phi) is 2.95. The van der Waals surface area contributed by atoms with Crippen LogP contribution in [0.4, 0.5) is 0 Å². The largest absolute Gasteiger partial charge is 0.390 e. The van der Waals surface area contributed by atoms with Crippen LogP contribution in [0.25, 0.3) is 12.2 Å². The molecule has 0 saturated heterocycles. The first-order valence-electron chi connectivity index (χ1n) is 4.77. The first-order valence-corrected chi connectivity index (χ1v) is 4.77. The molecule has 1 aromatic heterocycles. The Morgan fingerprint density at radius 2 is 2.00 bits per heavy atom. The summed E-state index contributed by atoms with van der Waals surface area (Å²) in [5.74, 6) is 0. The van der Waals surface area contributed by atoms with Gasteiger partial charge in [-0.15, -0.1) is 0 Å². The van der Waals surface area contributed by atoms with E-state index in [0.29, 0.717) is 0 Å². The van der Waals surface area contributed by atoms with E-state index in [0.717, 1.165) is 17.0 Å². The van der Waals surface area contributed by atoms with Gasteiger partial charge in [-0.1, -0.05) is 36.4 Å². The Hall–Kier alpha value is -1.87. The zero-order valence-electron chi connectivity index (χ0n) is 8.22. The molecule has 1 aromatic carbocycles. The number of aromatic amines is 1. The van der Waals surface area contributed by atoms with Gasteiger partial charge in [0.25, 0.3) is 0 Å². The Balaban J connectivity index is 2.11. The van der Waals surface area contributed by atoms with Gasteiger partial charge in [-0.2, -0.15) is 5.10 Å². The van der Waals surface area contributed by atoms with Gasteiger partial charge in [-0.25, -0.2) is 0 Å². The van der Waals surface area contributed by atoms with Crippen molar-refractivity contribution in [3.8, 4) is 0 Å². The summed E-state index contributed by atoms with van der Waals surface area (Å²) < 4.78 is 0. The summed E-state index contributed by atoms with van der Waals surface area (Å²) in [5, 5.41) is 15.6. The van der Waals surface area contributed by atoms with Gasteiger partial charge in [0.1, 0.15) is 0 Å². The molecule has 3 heteroatoms. The van der Waals surface area contributed by atoms with E-state index in [9.17, 15) is 0 Å². The number of rotatable bonds is 3. The lowest BCUT2D eigenvalue weighted by Crippen LogP contribution is -1.79. The molecular weight excluding hydrogens is 188 g/mol. The zero-order valence-corrected chi connectivity index (χ0v) is 8.22. The van der Waals surface area contributed by atoms with Crippen LogP contribution >= 0.6 is 0 Å². The standard InChI is InChI=1S/C12H12N2O/c15-9-12-8-11(13-14-12)7-6-10-4-2-1-3-5-10/h1-8,15H,9H2,(H,13,14)/b7-6+. The Bertz CT molecular complexity index is 446. The van der Waals surface area contributed by atoms with Crippen LogP contribution in [0.2, 0.25) is 0 Å². The van der Waals surface area contributed by atoms with E-state index in [1.807, 2.05) is 48.6 Å². The minimum absolute atomic E-state index is 0.00776. The van der Waals surface area contributed by atoms with Crippen LogP contribution in [0, 0.1) is 0 Å². The topological polar surface area (TPSA) is 48.9 Å². The molecule has 1 heterocycles. The maximum atomic E-state index is 8.84. The van der Waals surface area contributed by atoms with E-state index >= 15 is 0 Å². The lowest BCUT2D eigenvalue weighted by atomic mass is 10.2. The van der Waals surface area contributed by atoms with E-state index in [4.69, 9.17) is 5.11 Å². The molecule has 15 heavy (non-hydrogen) atoms. The van der Waals surface area contributed by atoms with Crippen LogP contribution in [0.15, 0.2) is 36.4 Å². The molecule has 0 bridgehead atoms. The fraction of sp³-hybridized carbons (Fsp3) is 0.0833. The molecule has 0 saturated carbocycles. The number of hydrogen-bond acceptors (Lipinski definition) is 2. The summed E-state index contributed by atoms with van der Waals surface area (Å²) in [6.07, 6.45) is 3.89. The van der Waals surface area contributed by atoms with Crippen LogP contribution in [0.3, 0.4) is 0 Å². The Morgan fingerprint density at radius 3 is 2.67 bits per heavy atom. The number of nitrogens with zero attached hydrogens (tertiary/aromatic N) is 1. The molecule has 0 unspecified atom stereocenters. The molecule has 0 radical (unpaired) electrons. The molecule has 0 aliphatic rings. The number of H-pyrrole nitrogens is 1. The maximum absolute atomic E-state index is 8.84. The van der Waals surface area contributed by atoms with E-state index in [1.54, 1.807) is 0 Å². The number of hydrogen-bond donors (Lipinski definition) is 2. The van der Waals surface area contributed by atoms with Crippen LogP contribution in [-0.2, 0) is 6.61 Å². The Labute approximate surface area is 88.1 Å². The fourth-order valence-corrected chi connectivity index (χ4v) is 1.29. The lowest BCUT2D eigenvalue weighted by molar-refractivity contribution is 0.276. The first-order chi connectivity index (χ1) is 7.38. The van der Waals surface area contributed by atoms with Gasteiger partial charge in [0, 0.05) is 0 Å². The van der Waals surface area contributed by atoms with Gasteiger partial charge in [0.05, 0.1) is 18.0 Å². The van der Waals surface area contributed by atoms with E-state index in [-0.39, 0.29) is 6.61 Å². The van der Waals surface area contributed by atoms with Crippen molar-refractivity contribution in [2.45, 2.75) is 6.61 Å². The van der Waals surface area contributed by atoms with Gasteiger partial charge in [0.15, 0.2) is 0 Å². The van der Waals surface area contributed by atoms with Crippen molar-refractivity contribution < 1.29 is 5.11 Å². The highest BCUT2D eigenvalue weighted by Gasteiger charge is 1.95. The SMILES string of the molecule is OCc1cc(/C=C/c2ccccc2)n[nH]1. The molecule has 2 aromatic rings. The third-order valence-electron chi connectivity index (χ3n) is 2.07. The van der Waals surface area contributed by atoms with Crippen molar-refractivity contribution in [3.05, 3.63) is 53.3 Å². The van der Waals surface area contributed by atoms with Crippen molar-refractivity contribution in [2.24, 2.45) is 0 Å². The number of aromatic nitrogens is 2. The normalized spacial score (nSPS) is 11.0. The van der Waals surface area contributed by atoms with Crippen molar-refractivity contribution in [2.75, 3.05) is 0 Å². The molecule has 3 nitrogen and oxygen atoms in total. The van der Waals surface area contributed by atoms with Gasteiger partial charge in [0.2, 0.25) is 0 Å². The van der Waals surface area contributed by atoms with Crippen LogP contribution in [0.5, 0.6) is 0 Å². The molecule has 0 fully saturated rings. The van der Waals surface area contributed by atoms with E-state index < -0.39 is 0 Å². The van der Waals surface area contributed by atoms with Gasteiger partial charge in [-0.05, 0) is 17.7 Å². The average Bonchev–Trinajstić information content (AvgIpc) is 2.76. The predicted octanol–water partition coefficient (Wildman–Crippen LogP) is 2.07. The third-order valence-corrected chi connectivity index (χ3v) is 2.07. The summed E-state index contributed by atoms with van der Waals surface area (Å²) in [6, 6.07) is 11.8. The number of benzene rings is 1. The number of aliphatic hydroxyl groups is 1. The highest BCUT2D eigenvalue weighted by molar-refractivity contribution is 5.67. The minimum Gasteiger partial charge on any atom is -0.390 e. The second-order valence-electron chi connectivity index (χ2n) is 3.22. The molecule has 0 atom stereocenters. The monoisotopic (exact) mass is 200 g/mol. The molecule has 0 aliphatic carbocycles. The van der Waals surface area contributed by atoms with Gasteiger partial charge in [-0.3, -0.25) is 5.10 Å². The predicted molar refractivity (Wildman–Crippen MR) is 59.9 cm³/mol. The van der Waals surface area contributed by atoms with Gasteiger partial charge >= 0.3 is 0 Å². The molecule has 0 amide bonds. The van der Waals surface area contributed by atoms with Crippen molar-refractivity contribution >= 4 is 12.2 Å². The lowest BCUT2D eigenvalue weighted by Gasteiger charge is -1.89. The van der Waals surface area contributed by atoms with E-state index in [1.165, 1.54) is 0 Å². The maximum Gasteiger partial charge on any atom is 0.0852 e. The van der Waals surface area contributed by atoms with Crippen LogP contribution in [-0.4, -0.2) is 15.3 Å². The Morgan fingerprint density at radius 1 is 1.20 bits per heavy atom. The summed E-state index contributed by atoms with van der Waals surface area (Å²) in [4.78, 5) is 0. The smallest absolute Gasteiger partial charge is 0.0852 e. The minimum atomic E-state index is -0.00776.